The van der Waals surface area contributed by atoms with Gasteiger partial charge in [0.25, 0.3) is 5.91 Å². The van der Waals surface area contributed by atoms with Crippen LogP contribution in [0.25, 0.3) is 11.0 Å². The molecule has 0 unspecified atom stereocenters. The van der Waals surface area contributed by atoms with Crippen molar-refractivity contribution in [3.8, 4) is 0 Å². The molecule has 3 aromatic rings. The van der Waals surface area contributed by atoms with Crippen LogP contribution in [-0.4, -0.2) is 40.2 Å². The van der Waals surface area contributed by atoms with Crippen LogP contribution in [0.5, 0.6) is 0 Å². The molecule has 3 rings (SSSR count). The molecule has 0 saturated carbocycles. The van der Waals surface area contributed by atoms with Crippen molar-refractivity contribution in [3.63, 3.8) is 0 Å². The molecule has 2 N–H and O–H groups in total. The van der Waals surface area contributed by atoms with E-state index in [1.54, 1.807) is 42.6 Å². The summed E-state index contributed by atoms with van der Waals surface area (Å²) in [5, 5.41) is 6.59. The van der Waals surface area contributed by atoms with Crippen molar-refractivity contribution in [2.75, 3.05) is 13.2 Å². The van der Waals surface area contributed by atoms with Crippen LogP contribution in [0.2, 0.25) is 0 Å². The SMILES string of the molecule is Cn1c(=O)n(CC(=O)OCC(=O)NC(=O)NCCc2cccs2)c2ccccc21. The van der Waals surface area contributed by atoms with Gasteiger partial charge in [-0.1, -0.05) is 18.2 Å². The number of urea groups is 1. The van der Waals surface area contributed by atoms with Gasteiger partial charge < -0.3 is 10.1 Å². The summed E-state index contributed by atoms with van der Waals surface area (Å²) in [5.41, 5.74) is 0.909. The van der Waals surface area contributed by atoms with E-state index in [1.165, 1.54) is 9.13 Å². The fourth-order valence-electron chi connectivity index (χ4n) is 2.80. The number of imidazole rings is 1. The van der Waals surface area contributed by atoms with Crippen LogP contribution < -0.4 is 16.3 Å². The Morgan fingerprint density at radius 3 is 2.59 bits per heavy atom. The highest BCUT2D eigenvalue weighted by Crippen LogP contribution is 2.11. The number of imide groups is 1. The number of carbonyl (C=O) groups is 3. The lowest BCUT2D eigenvalue weighted by atomic mass is 10.3. The summed E-state index contributed by atoms with van der Waals surface area (Å²) in [5.74, 6) is -1.51. The van der Waals surface area contributed by atoms with Crippen molar-refractivity contribution in [3.05, 3.63) is 57.1 Å². The predicted molar refractivity (Wildman–Crippen MR) is 108 cm³/mol. The third-order valence-corrected chi connectivity index (χ3v) is 5.13. The number of nitrogens with one attached hydrogen (secondary N) is 2. The van der Waals surface area contributed by atoms with Gasteiger partial charge >= 0.3 is 17.7 Å². The van der Waals surface area contributed by atoms with Crippen molar-refractivity contribution < 1.29 is 19.1 Å². The van der Waals surface area contributed by atoms with Crippen LogP contribution in [-0.2, 0) is 34.3 Å². The average Bonchev–Trinajstić information content (AvgIpc) is 3.30. The Morgan fingerprint density at radius 2 is 1.86 bits per heavy atom. The molecule has 0 spiro atoms. The summed E-state index contributed by atoms with van der Waals surface area (Å²) >= 11 is 1.58. The van der Waals surface area contributed by atoms with Gasteiger partial charge in [0, 0.05) is 18.5 Å². The van der Waals surface area contributed by atoms with Gasteiger partial charge in [-0.15, -0.1) is 11.3 Å². The van der Waals surface area contributed by atoms with E-state index in [9.17, 15) is 19.2 Å². The summed E-state index contributed by atoms with van der Waals surface area (Å²) < 4.78 is 7.58. The number of ether oxygens (including phenoxy) is 1. The molecule has 3 amide bonds. The molecule has 0 saturated heterocycles. The molecular weight excluding hydrogens is 396 g/mol. The summed E-state index contributed by atoms with van der Waals surface area (Å²) in [6.45, 7) is -0.569. The lowest BCUT2D eigenvalue weighted by Gasteiger charge is -2.07. The van der Waals surface area contributed by atoms with Gasteiger partial charge in [0.15, 0.2) is 6.61 Å². The maximum Gasteiger partial charge on any atom is 0.329 e. The zero-order chi connectivity index (χ0) is 20.8. The minimum atomic E-state index is -0.753. The Labute approximate surface area is 169 Å². The largest absolute Gasteiger partial charge is 0.454 e. The van der Waals surface area contributed by atoms with Crippen molar-refractivity contribution in [1.82, 2.24) is 19.8 Å². The number of esters is 1. The first-order valence-electron chi connectivity index (χ1n) is 8.85. The van der Waals surface area contributed by atoms with Crippen LogP contribution in [0, 0.1) is 0 Å². The summed E-state index contributed by atoms with van der Waals surface area (Å²) in [6.07, 6.45) is 0.661. The molecule has 152 valence electrons. The molecule has 0 atom stereocenters. The van der Waals surface area contributed by atoms with E-state index >= 15 is 0 Å². The lowest BCUT2D eigenvalue weighted by Crippen LogP contribution is -2.42. The van der Waals surface area contributed by atoms with Crippen molar-refractivity contribution >= 4 is 40.3 Å². The fourth-order valence-corrected chi connectivity index (χ4v) is 3.51. The first-order chi connectivity index (χ1) is 14.0. The van der Waals surface area contributed by atoms with Crippen LogP contribution in [0.3, 0.4) is 0 Å². The number of aryl methyl sites for hydroxylation is 1. The van der Waals surface area contributed by atoms with Crippen molar-refractivity contribution in [2.24, 2.45) is 7.05 Å². The molecular formula is C19H20N4O5S. The summed E-state index contributed by atoms with van der Waals surface area (Å²) in [7, 11) is 1.61. The number of benzene rings is 1. The first kappa shape index (κ1) is 20.3. The second-order valence-corrected chi connectivity index (χ2v) is 7.24. The Hall–Kier alpha value is -3.40. The minimum Gasteiger partial charge on any atom is -0.454 e. The highest BCUT2D eigenvalue weighted by atomic mass is 32.1. The molecule has 0 radical (unpaired) electrons. The van der Waals surface area contributed by atoms with Crippen LogP contribution in [0.1, 0.15) is 4.88 Å². The fraction of sp³-hybridized carbons (Fsp3) is 0.263. The zero-order valence-corrected chi connectivity index (χ0v) is 16.5. The molecule has 9 nitrogen and oxygen atoms in total. The lowest BCUT2D eigenvalue weighted by molar-refractivity contribution is -0.148. The average molecular weight is 416 g/mol. The molecule has 29 heavy (non-hydrogen) atoms. The van der Waals surface area contributed by atoms with E-state index in [-0.39, 0.29) is 12.2 Å². The third kappa shape index (κ3) is 5.11. The maximum atomic E-state index is 12.3. The first-order valence-corrected chi connectivity index (χ1v) is 9.73. The second-order valence-electron chi connectivity index (χ2n) is 6.21. The molecule has 0 aliphatic carbocycles. The van der Waals surface area contributed by atoms with Gasteiger partial charge in [-0.3, -0.25) is 24.0 Å². The molecule has 10 heteroatoms. The highest BCUT2D eigenvalue weighted by molar-refractivity contribution is 7.09. The topological polar surface area (TPSA) is 111 Å². The predicted octanol–water partition coefficient (Wildman–Crippen LogP) is 1.01. The number of hydrogen-bond acceptors (Lipinski definition) is 6. The summed E-state index contributed by atoms with van der Waals surface area (Å²) in [4.78, 5) is 48.9. The van der Waals surface area contributed by atoms with Crippen LogP contribution in [0.4, 0.5) is 4.79 Å². The number of amides is 3. The van der Waals surface area contributed by atoms with Gasteiger partial charge in [0.1, 0.15) is 6.54 Å². The molecule has 0 bridgehead atoms. The van der Waals surface area contributed by atoms with Gasteiger partial charge in [0.2, 0.25) is 0 Å². The number of thiophene rings is 1. The summed E-state index contributed by atoms with van der Waals surface area (Å²) in [6, 6.07) is 10.3. The monoisotopic (exact) mass is 416 g/mol. The number of fused-ring (bicyclic) bond motifs is 1. The molecule has 0 aliphatic rings. The molecule has 1 aromatic carbocycles. The standard InChI is InChI=1S/C19H20N4O5S/c1-22-14-6-2-3-7-15(14)23(19(22)27)11-17(25)28-12-16(24)21-18(26)20-9-8-13-5-4-10-29-13/h2-7,10H,8-9,11-12H2,1H3,(H2,20,21,24,26). The number of hydrogen-bond donors (Lipinski definition) is 2. The number of rotatable bonds is 7. The maximum absolute atomic E-state index is 12.3. The highest BCUT2D eigenvalue weighted by Gasteiger charge is 2.15. The van der Waals surface area contributed by atoms with E-state index in [1.807, 2.05) is 17.5 Å². The van der Waals surface area contributed by atoms with E-state index < -0.39 is 24.5 Å². The van der Waals surface area contributed by atoms with Crippen LogP contribution >= 0.6 is 11.3 Å². The number of carbonyl (C=O) groups excluding carboxylic acids is 3. The quantitative estimate of drug-likeness (QED) is 0.559. The van der Waals surface area contributed by atoms with E-state index in [0.29, 0.717) is 24.0 Å². The molecule has 0 aliphatic heterocycles. The zero-order valence-electron chi connectivity index (χ0n) is 15.7. The van der Waals surface area contributed by atoms with E-state index in [2.05, 4.69) is 10.6 Å². The smallest absolute Gasteiger partial charge is 0.329 e. The van der Waals surface area contributed by atoms with Crippen LogP contribution in [0.15, 0.2) is 46.6 Å². The Bertz CT molecular complexity index is 1080. The molecule has 2 heterocycles. The van der Waals surface area contributed by atoms with Gasteiger partial charge in [-0.2, -0.15) is 0 Å². The number of aromatic nitrogens is 2. The Kier molecular flexibility index (Phi) is 6.45. The van der Waals surface area contributed by atoms with E-state index in [4.69, 9.17) is 4.74 Å². The third-order valence-electron chi connectivity index (χ3n) is 4.19. The van der Waals surface area contributed by atoms with Crippen molar-refractivity contribution in [1.29, 1.82) is 0 Å². The van der Waals surface area contributed by atoms with E-state index in [0.717, 1.165) is 4.88 Å². The molecule has 2 aromatic heterocycles. The Morgan fingerprint density at radius 1 is 1.10 bits per heavy atom. The number of para-hydroxylation sites is 2. The van der Waals surface area contributed by atoms with Crippen molar-refractivity contribution in [2.45, 2.75) is 13.0 Å². The van der Waals surface area contributed by atoms with Gasteiger partial charge in [-0.05, 0) is 30.0 Å². The second kappa shape index (κ2) is 9.20. The van der Waals surface area contributed by atoms with Gasteiger partial charge in [0.05, 0.1) is 11.0 Å². The minimum absolute atomic E-state index is 0.333. The molecule has 0 fully saturated rings. The normalized spacial score (nSPS) is 10.7. The Balaban J connectivity index is 1.44. The number of nitrogens with zero attached hydrogens (tertiary/aromatic N) is 2. The van der Waals surface area contributed by atoms with Gasteiger partial charge in [-0.25, -0.2) is 9.59 Å².